The summed E-state index contributed by atoms with van der Waals surface area (Å²) in [4.78, 5) is 23.9. The SMILES string of the molecule is O=C(/C=C/c1ccc(F)c(Cl)c1)NNC(=O)c1cc(-c2ccccc2)n[nH]1. The number of benzene rings is 2. The minimum Gasteiger partial charge on any atom is -0.272 e. The number of nitrogens with one attached hydrogen (secondary N) is 3. The summed E-state index contributed by atoms with van der Waals surface area (Å²) in [5.74, 6) is -1.65. The van der Waals surface area contributed by atoms with Crippen molar-refractivity contribution in [3.05, 3.63) is 82.8 Å². The van der Waals surface area contributed by atoms with E-state index in [9.17, 15) is 14.0 Å². The molecule has 3 rings (SSSR count). The molecule has 0 spiro atoms. The van der Waals surface area contributed by atoms with E-state index < -0.39 is 17.6 Å². The molecule has 0 fully saturated rings. The lowest BCUT2D eigenvalue weighted by molar-refractivity contribution is -0.117. The van der Waals surface area contributed by atoms with Crippen molar-refractivity contribution in [1.82, 2.24) is 21.0 Å². The molecule has 0 unspecified atom stereocenters. The van der Waals surface area contributed by atoms with Gasteiger partial charge in [0.15, 0.2) is 0 Å². The summed E-state index contributed by atoms with van der Waals surface area (Å²) >= 11 is 5.67. The van der Waals surface area contributed by atoms with Crippen molar-refractivity contribution in [3.8, 4) is 11.3 Å². The first-order valence-electron chi connectivity index (χ1n) is 7.87. The summed E-state index contributed by atoms with van der Waals surface area (Å²) < 4.78 is 13.1. The number of nitrogens with zero attached hydrogens (tertiary/aromatic N) is 1. The highest BCUT2D eigenvalue weighted by molar-refractivity contribution is 6.30. The van der Waals surface area contributed by atoms with Crippen LogP contribution in [0.1, 0.15) is 16.1 Å². The van der Waals surface area contributed by atoms with Crippen LogP contribution in [-0.4, -0.2) is 22.0 Å². The second kappa shape index (κ2) is 8.29. The molecule has 0 radical (unpaired) electrons. The van der Waals surface area contributed by atoms with Crippen molar-refractivity contribution < 1.29 is 14.0 Å². The maximum absolute atomic E-state index is 13.1. The second-order valence-corrected chi connectivity index (χ2v) is 5.89. The van der Waals surface area contributed by atoms with Crippen molar-refractivity contribution in [3.63, 3.8) is 0 Å². The lowest BCUT2D eigenvalue weighted by Crippen LogP contribution is -2.40. The molecule has 0 atom stereocenters. The Morgan fingerprint density at radius 1 is 1.07 bits per heavy atom. The summed E-state index contributed by atoms with van der Waals surface area (Å²) in [7, 11) is 0. The molecule has 0 aliphatic rings. The van der Waals surface area contributed by atoms with Gasteiger partial charge in [0.2, 0.25) is 0 Å². The van der Waals surface area contributed by atoms with E-state index in [1.165, 1.54) is 30.4 Å². The maximum Gasteiger partial charge on any atom is 0.287 e. The number of hydrogen-bond donors (Lipinski definition) is 3. The molecule has 1 aromatic heterocycles. The van der Waals surface area contributed by atoms with E-state index in [2.05, 4.69) is 21.0 Å². The summed E-state index contributed by atoms with van der Waals surface area (Å²) in [5.41, 5.74) is 6.73. The van der Waals surface area contributed by atoms with E-state index in [-0.39, 0.29) is 10.7 Å². The van der Waals surface area contributed by atoms with Crippen LogP contribution in [0.25, 0.3) is 17.3 Å². The van der Waals surface area contributed by atoms with E-state index in [0.717, 1.165) is 5.56 Å². The van der Waals surface area contributed by atoms with Crippen molar-refractivity contribution in [2.75, 3.05) is 0 Å². The van der Waals surface area contributed by atoms with Crippen LogP contribution in [0, 0.1) is 5.82 Å². The smallest absolute Gasteiger partial charge is 0.272 e. The third kappa shape index (κ3) is 4.80. The van der Waals surface area contributed by atoms with Gasteiger partial charge in [0.1, 0.15) is 11.5 Å². The molecule has 136 valence electrons. The van der Waals surface area contributed by atoms with Gasteiger partial charge in [-0.2, -0.15) is 5.10 Å². The van der Waals surface area contributed by atoms with Gasteiger partial charge in [0.25, 0.3) is 11.8 Å². The number of aromatic amines is 1. The standard InChI is InChI=1S/C19H14ClFN4O2/c20-14-10-12(6-8-15(14)21)7-9-18(26)24-25-19(27)17-11-16(22-23-17)13-4-2-1-3-5-13/h1-11H,(H,22,23)(H,24,26)(H,25,27)/b9-7+. The molecule has 0 saturated carbocycles. The van der Waals surface area contributed by atoms with Crippen molar-refractivity contribution in [1.29, 1.82) is 0 Å². The van der Waals surface area contributed by atoms with Gasteiger partial charge in [-0.05, 0) is 29.8 Å². The number of halogens is 2. The average Bonchev–Trinajstić information content (AvgIpc) is 3.18. The molecule has 0 saturated heterocycles. The molecule has 0 bridgehead atoms. The minimum atomic E-state index is -0.563. The van der Waals surface area contributed by atoms with E-state index in [0.29, 0.717) is 11.3 Å². The van der Waals surface area contributed by atoms with Crippen LogP contribution >= 0.6 is 11.6 Å². The van der Waals surface area contributed by atoms with Crippen LogP contribution in [-0.2, 0) is 4.79 Å². The Bertz CT molecular complexity index is 1000. The first kappa shape index (κ1) is 18.3. The van der Waals surface area contributed by atoms with Gasteiger partial charge in [0, 0.05) is 11.6 Å². The molecule has 6 nitrogen and oxygen atoms in total. The van der Waals surface area contributed by atoms with E-state index in [4.69, 9.17) is 11.6 Å². The number of rotatable bonds is 4. The fourth-order valence-electron chi connectivity index (χ4n) is 2.21. The zero-order chi connectivity index (χ0) is 19.2. The zero-order valence-corrected chi connectivity index (χ0v) is 14.6. The number of hydrogen-bond acceptors (Lipinski definition) is 3. The normalized spacial score (nSPS) is 10.7. The number of carbonyl (C=O) groups excluding carboxylic acids is 2. The van der Waals surface area contributed by atoms with E-state index >= 15 is 0 Å². The number of hydrazine groups is 1. The lowest BCUT2D eigenvalue weighted by Gasteiger charge is -2.03. The fraction of sp³-hybridized carbons (Fsp3) is 0. The maximum atomic E-state index is 13.1. The molecule has 3 aromatic rings. The summed E-state index contributed by atoms with van der Waals surface area (Å²) in [6.45, 7) is 0. The molecule has 2 aromatic carbocycles. The first-order valence-corrected chi connectivity index (χ1v) is 8.25. The Hall–Kier alpha value is -3.45. The van der Waals surface area contributed by atoms with Crippen molar-refractivity contribution in [2.24, 2.45) is 0 Å². The fourth-order valence-corrected chi connectivity index (χ4v) is 2.40. The van der Waals surface area contributed by atoms with Gasteiger partial charge in [0.05, 0.1) is 10.7 Å². The topological polar surface area (TPSA) is 86.9 Å². The number of carbonyl (C=O) groups is 2. The van der Waals surface area contributed by atoms with Crippen molar-refractivity contribution >= 4 is 29.5 Å². The molecule has 0 aliphatic heterocycles. The van der Waals surface area contributed by atoms with Crippen molar-refractivity contribution in [2.45, 2.75) is 0 Å². The summed E-state index contributed by atoms with van der Waals surface area (Å²) in [6.07, 6.45) is 2.63. The van der Waals surface area contributed by atoms with Gasteiger partial charge in [-0.1, -0.05) is 48.0 Å². The van der Waals surface area contributed by atoms with Gasteiger partial charge in [-0.15, -0.1) is 0 Å². The van der Waals surface area contributed by atoms with Crippen LogP contribution in [0.4, 0.5) is 4.39 Å². The zero-order valence-electron chi connectivity index (χ0n) is 13.9. The molecule has 1 heterocycles. The molecule has 8 heteroatoms. The molecule has 2 amide bonds. The monoisotopic (exact) mass is 384 g/mol. The van der Waals surface area contributed by atoms with Crippen LogP contribution in [0.3, 0.4) is 0 Å². The highest BCUT2D eigenvalue weighted by Crippen LogP contribution is 2.17. The average molecular weight is 385 g/mol. The van der Waals surface area contributed by atoms with Crippen LogP contribution in [0.15, 0.2) is 60.7 Å². The Labute approximate surface area is 159 Å². The highest BCUT2D eigenvalue weighted by Gasteiger charge is 2.11. The van der Waals surface area contributed by atoms with Crippen LogP contribution < -0.4 is 10.9 Å². The molecule has 3 N–H and O–H groups in total. The molecular weight excluding hydrogens is 371 g/mol. The lowest BCUT2D eigenvalue weighted by atomic mass is 10.1. The second-order valence-electron chi connectivity index (χ2n) is 5.48. The molecule has 27 heavy (non-hydrogen) atoms. The van der Waals surface area contributed by atoms with Crippen LogP contribution in [0.5, 0.6) is 0 Å². The van der Waals surface area contributed by atoms with Gasteiger partial charge < -0.3 is 0 Å². The molecule has 0 aliphatic carbocycles. The van der Waals surface area contributed by atoms with Gasteiger partial charge >= 0.3 is 0 Å². The predicted octanol–water partition coefficient (Wildman–Crippen LogP) is 3.34. The Balaban J connectivity index is 1.56. The summed E-state index contributed by atoms with van der Waals surface area (Å²) in [6, 6.07) is 15.0. The molecular formula is C19H14ClFN4O2. The van der Waals surface area contributed by atoms with E-state index in [1.807, 2.05) is 30.3 Å². The Morgan fingerprint density at radius 3 is 2.59 bits per heavy atom. The number of amides is 2. The first-order chi connectivity index (χ1) is 13.0. The number of aromatic nitrogens is 2. The predicted molar refractivity (Wildman–Crippen MR) is 100 cm³/mol. The Kier molecular flexibility index (Phi) is 5.63. The van der Waals surface area contributed by atoms with Gasteiger partial charge in [-0.3, -0.25) is 25.5 Å². The van der Waals surface area contributed by atoms with E-state index in [1.54, 1.807) is 6.07 Å². The third-order valence-electron chi connectivity index (χ3n) is 3.56. The summed E-state index contributed by atoms with van der Waals surface area (Å²) in [5, 5.41) is 6.64. The minimum absolute atomic E-state index is 0.0423. The third-order valence-corrected chi connectivity index (χ3v) is 3.85. The largest absolute Gasteiger partial charge is 0.287 e. The quantitative estimate of drug-likeness (QED) is 0.476. The number of H-pyrrole nitrogens is 1. The highest BCUT2D eigenvalue weighted by atomic mass is 35.5. The Morgan fingerprint density at radius 2 is 1.85 bits per heavy atom. The van der Waals surface area contributed by atoms with Gasteiger partial charge in [-0.25, -0.2) is 4.39 Å². The van der Waals surface area contributed by atoms with Crippen LogP contribution in [0.2, 0.25) is 5.02 Å².